The maximum atomic E-state index is 13.3. The maximum absolute atomic E-state index is 13.3. The Morgan fingerprint density at radius 1 is 1.20 bits per heavy atom. The van der Waals surface area contributed by atoms with Crippen molar-refractivity contribution >= 4 is 22.9 Å². The van der Waals surface area contributed by atoms with E-state index in [2.05, 4.69) is 12.2 Å². The number of hydrogen-bond acceptors (Lipinski definition) is 2. The standard InChI is InChI=1S/C15H16ClF2NS/c1-2-7-19-13(14-5-6-15(16)20-14)9-10-3-4-11(17)12(18)8-10/h3-6,8,13,19H,2,7,9H2,1H3. The molecule has 0 aliphatic rings. The topological polar surface area (TPSA) is 12.0 Å². The van der Waals surface area contributed by atoms with Gasteiger partial charge in [0.15, 0.2) is 11.6 Å². The largest absolute Gasteiger partial charge is 0.309 e. The summed E-state index contributed by atoms with van der Waals surface area (Å²) in [6.07, 6.45) is 1.61. The van der Waals surface area contributed by atoms with Crippen molar-refractivity contribution in [2.24, 2.45) is 0 Å². The molecular formula is C15H16ClF2NS. The Kier molecular flexibility index (Phi) is 5.52. The molecule has 0 bridgehead atoms. The molecule has 5 heteroatoms. The van der Waals surface area contributed by atoms with Crippen LogP contribution in [0.2, 0.25) is 4.34 Å². The highest BCUT2D eigenvalue weighted by molar-refractivity contribution is 7.16. The first-order valence-corrected chi connectivity index (χ1v) is 7.72. The first-order valence-electron chi connectivity index (χ1n) is 6.52. The molecule has 0 saturated carbocycles. The van der Waals surface area contributed by atoms with Gasteiger partial charge >= 0.3 is 0 Å². The summed E-state index contributed by atoms with van der Waals surface area (Å²) in [7, 11) is 0. The highest BCUT2D eigenvalue weighted by Gasteiger charge is 2.15. The molecule has 1 aromatic heterocycles. The average Bonchev–Trinajstić information content (AvgIpc) is 2.85. The summed E-state index contributed by atoms with van der Waals surface area (Å²) in [6, 6.07) is 7.94. The van der Waals surface area contributed by atoms with E-state index in [4.69, 9.17) is 11.6 Å². The molecule has 1 heterocycles. The van der Waals surface area contributed by atoms with Crippen LogP contribution in [0.25, 0.3) is 0 Å². The zero-order valence-corrected chi connectivity index (χ0v) is 12.7. The van der Waals surface area contributed by atoms with E-state index in [0.29, 0.717) is 6.42 Å². The third kappa shape index (κ3) is 4.01. The van der Waals surface area contributed by atoms with Gasteiger partial charge in [0.2, 0.25) is 0 Å². The molecule has 0 amide bonds. The quantitative estimate of drug-likeness (QED) is 0.794. The average molecular weight is 316 g/mol. The zero-order chi connectivity index (χ0) is 14.5. The van der Waals surface area contributed by atoms with Crippen LogP contribution in [0.3, 0.4) is 0 Å². The lowest BCUT2D eigenvalue weighted by atomic mass is 10.0. The smallest absolute Gasteiger partial charge is 0.159 e. The minimum absolute atomic E-state index is 0.0670. The molecule has 0 aliphatic heterocycles. The molecule has 1 atom stereocenters. The van der Waals surface area contributed by atoms with Gasteiger partial charge < -0.3 is 5.32 Å². The van der Waals surface area contributed by atoms with E-state index in [-0.39, 0.29) is 6.04 Å². The van der Waals surface area contributed by atoms with Gasteiger partial charge in [-0.25, -0.2) is 8.78 Å². The summed E-state index contributed by atoms with van der Waals surface area (Å²) >= 11 is 7.48. The molecule has 0 saturated heterocycles. The van der Waals surface area contributed by atoms with Crippen molar-refractivity contribution in [2.45, 2.75) is 25.8 Å². The second-order valence-corrected chi connectivity index (χ2v) is 6.35. The Balaban J connectivity index is 2.16. The first kappa shape index (κ1) is 15.4. The molecule has 1 aromatic carbocycles. The number of rotatable bonds is 6. The fraction of sp³-hybridized carbons (Fsp3) is 0.333. The monoisotopic (exact) mass is 315 g/mol. The third-order valence-electron chi connectivity index (χ3n) is 3.00. The van der Waals surface area contributed by atoms with Crippen LogP contribution in [0.1, 0.15) is 29.8 Å². The Morgan fingerprint density at radius 3 is 2.60 bits per heavy atom. The molecule has 0 aliphatic carbocycles. The van der Waals surface area contributed by atoms with Crippen LogP contribution in [0.15, 0.2) is 30.3 Å². The molecule has 108 valence electrons. The Hall–Kier alpha value is -0.970. The molecule has 0 radical (unpaired) electrons. The highest BCUT2D eigenvalue weighted by Crippen LogP contribution is 2.29. The van der Waals surface area contributed by atoms with Crippen molar-refractivity contribution in [3.8, 4) is 0 Å². The van der Waals surface area contributed by atoms with E-state index in [1.807, 2.05) is 12.1 Å². The fourth-order valence-corrected chi connectivity index (χ4v) is 3.15. The minimum atomic E-state index is -0.814. The van der Waals surface area contributed by atoms with Crippen LogP contribution in [0, 0.1) is 11.6 Å². The van der Waals surface area contributed by atoms with Crippen molar-refractivity contribution in [2.75, 3.05) is 6.54 Å². The Morgan fingerprint density at radius 2 is 2.00 bits per heavy atom. The summed E-state index contributed by atoms with van der Waals surface area (Å²) < 4.78 is 27.0. The summed E-state index contributed by atoms with van der Waals surface area (Å²) in [6.45, 7) is 2.95. The normalized spacial score (nSPS) is 12.6. The lowest BCUT2D eigenvalue weighted by Crippen LogP contribution is -2.23. The van der Waals surface area contributed by atoms with Crippen LogP contribution in [0.5, 0.6) is 0 Å². The van der Waals surface area contributed by atoms with Crippen LogP contribution >= 0.6 is 22.9 Å². The number of thiophene rings is 1. The van der Waals surface area contributed by atoms with Crippen molar-refractivity contribution < 1.29 is 8.78 Å². The zero-order valence-electron chi connectivity index (χ0n) is 11.1. The van der Waals surface area contributed by atoms with Gasteiger partial charge in [-0.15, -0.1) is 11.3 Å². The van der Waals surface area contributed by atoms with Gasteiger partial charge in [-0.1, -0.05) is 24.6 Å². The molecule has 1 nitrogen and oxygen atoms in total. The van der Waals surface area contributed by atoms with Gasteiger partial charge in [0.05, 0.1) is 4.34 Å². The van der Waals surface area contributed by atoms with E-state index in [9.17, 15) is 8.78 Å². The van der Waals surface area contributed by atoms with E-state index >= 15 is 0 Å². The van der Waals surface area contributed by atoms with Crippen molar-refractivity contribution in [1.29, 1.82) is 0 Å². The van der Waals surface area contributed by atoms with Gasteiger partial charge in [-0.05, 0) is 49.2 Å². The highest BCUT2D eigenvalue weighted by atomic mass is 35.5. The molecule has 20 heavy (non-hydrogen) atoms. The first-order chi connectivity index (χ1) is 9.60. The van der Waals surface area contributed by atoms with Gasteiger partial charge in [-0.3, -0.25) is 0 Å². The second kappa shape index (κ2) is 7.16. The van der Waals surface area contributed by atoms with Gasteiger partial charge in [0, 0.05) is 10.9 Å². The maximum Gasteiger partial charge on any atom is 0.159 e. The minimum Gasteiger partial charge on any atom is -0.309 e. The van der Waals surface area contributed by atoms with Gasteiger partial charge in [-0.2, -0.15) is 0 Å². The van der Waals surface area contributed by atoms with Crippen molar-refractivity contribution in [3.05, 3.63) is 56.7 Å². The van der Waals surface area contributed by atoms with Gasteiger partial charge in [0.1, 0.15) is 0 Å². The summed E-state index contributed by atoms with van der Waals surface area (Å²) in [4.78, 5) is 1.10. The van der Waals surface area contributed by atoms with E-state index in [0.717, 1.165) is 27.7 Å². The lowest BCUT2D eigenvalue weighted by Gasteiger charge is -2.17. The number of halogens is 3. The van der Waals surface area contributed by atoms with Crippen LogP contribution in [-0.4, -0.2) is 6.54 Å². The molecule has 1 N–H and O–H groups in total. The predicted molar refractivity (Wildman–Crippen MR) is 80.4 cm³/mol. The number of hydrogen-bond donors (Lipinski definition) is 1. The van der Waals surface area contributed by atoms with Crippen LogP contribution < -0.4 is 5.32 Å². The van der Waals surface area contributed by atoms with E-state index < -0.39 is 11.6 Å². The SMILES string of the molecule is CCCNC(Cc1ccc(F)c(F)c1)c1ccc(Cl)s1. The van der Waals surface area contributed by atoms with Crippen molar-refractivity contribution in [1.82, 2.24) is 5.32 Å². The molecule has 0 fully saturated rings. The molecule has 2 aromatic rings. The number of nitrogens with one attached hydrogen (secondary N) is 1. The fourth-order valence-electron chi connectivity index (χ4n) is 2.01. The second-order valence-electron chi connectivity index (χ2n) is 4.60. The summed E-state index contributed by atoms with van der Waals surface area (Å²) in [5.41, 5.74) is 0.766. The number of benzene rings is 1. The summed E-state index contributed by atoms with van der Waals surface area (Å²) in [5.74, 6) is -1.62. The van der Waals surface area contributed by atoms with Gasteiger partial charge in [0.25, 0.3) is 0 Å². The molecule has 2 rings (SSSR count). The third-order valence-corrected chi connectivity index (χ3v) is 4.35. The lowest BCUT2D eigenvalue weighted by molar-refractivity contribution is 0.501. The van der Waals surface area contributed by atoms with Crippen molar-refractivity contribution in [3.63, 3.8) is 0 Å². The Labute approximate surface area is 126 Å². The van der Waals surface area contributed by atoms with Crippen LogP contribution in [-0.2, 0) is 6.42 Å². The molecular weight excluding hydrogens is 300 g/mol. The predicted octanol–water partition coefficient (Wildman–Crippen LogP) is 4.96. The van der Waals surface area contributed by atoms with E-state index in [1.54, 1.807) is 6.07 Å². The Bertz CT molecular complexity index is 571. The molecule has 1 unspecified atom stereocenters. The van der Waals surface area contributed by atoms with E-state index in [1.165, 1.54) is 23.5 Å². The summed E-state index contributed by atoms with van der Waals surface area (Å²) in [5, 5.41) is 3.42. The van der Waals surface area contributed by atoms with Crippen LogP contribution in [0.4, 0.5) is 8.78 Å². The molecule has 0 spiro atoms.